The van der Waals surface area contributed by atoms with Gasteiger partial charge in [0.2, 0.25) is 0 Å². The number of rotatable bonds is 6. The van der Waals surface area contributed by atoms with Gasteiger partial charge >= 0.3 is 0 Å². The molecule has 0 saturated carbocycles. The first-order chi connectivity index (χ1) is 9.54. The van der Waals surface area contributed by atoms with Crippen LogP contribution in [0.25, 0.3) is 0 Å². The van der Waals surface area contributed by atoms with Gasteiger partial charge in [-0.25, -0.2) is 5.48 Å². The molecule has 1 rings (SSSR count). The Hall–Kier alpha value is -2.40. The number of nitrogens with one attached hydrogen (secondary N) is 1. The van der Waals surface area contributed by atoms with E-state index in [1.165, 1.54) is 11.6 Å². The zero-order valence-corrected chi connectivity index (χ0v) is 11.5. The lowest BCUT2D eigenvalue weighted by atomic mass is 10.1. The largest absolute Gasteiger partial charge is 0.378 e. The van der Waals surface area contributed by atoms with E-state index in [1.54, 1.807) is 24.3 Å². The molecular formula is C15H18N2O3. The van der Waals surface area contributed by atoms with Crippen molar-refractivity contribution in [3.8, 4) is 0 Å². The number of hydrogen-bond donors (Lipinski definition) is 2. The average Bonchev–Trinajstić information content (AvgIpc) is 2.46. The van der Waals surface area contributed by atoms with Crippen molar-refractivity contribution in [1.29, 1.82) is 0 Å². The Balaban J connectivity index is 2.52. The second-order valence-electron chi connectivity index (χ2n) is 4.33. The normalized spacial score (nSPS) is 10.9. The van der Waals surface area contributed by atoms with Crippen LogP contribution in [0.1, 0.15) is 16.8 Å². The summed E-state index contributed by atoms with van der Waals surface area (Å²) in [5.74, 6) is -0.605. The highest BCUT2D eigenvalue weighted by molar-refractivity contribution is 5.97. The molecule has 20 heavy (non-hydrogen) atoms. The zero-order valence-electron chi connectivity index (χ0n) is 11.5. The van der Waals surface area contributed by atoms with Crippen molar-refractivity contribution in [3.63, 3.8) is 0 Å². The minimum absolute atomic E-state index is 0.00608. The highest BCUT2D eigenvalue weighted by Crippen LogP contribution is 2.13. The molecule has 0 aliphatic heterocycles. The molecule has 5 nitrogen and oxygen atoms in total. The maximum atomic E-state index is 11.9. The van der Waals surface area contributed by atoms with Crippen LogP contribution < -0.4 is 10.4 Å². The topological polar surface area (TPSA) is 69.6 Å². The summed E-state index contributed by atoms with van der Waals surface area (Å²) in [5.41, 5.74) is 3.16. The van der Waals surface area contributed by atoms with Gasteiger partial charge in [0.25, 0.3) is 5.91 Å². The number of ketones is 1. The summed E-state index contributed by atoms with van der Waals surface area (Å²) in [6, 6.07) is 7.37. The maximum Gasteiger partial charge on any atom is 0.267 e. The van der Waals surface area contributed by atoms with Crippen molar-refractivity contribution in [2.45, 2.75) is 6.42 Å². The van der Waals surface area contributed by atoms with Gasteiger partial charge in [0.15, 0.2) is 5.78 Å². The molecule has 106 valence electrons. The summed E-state index contributed by atoms with van der Waals surface area (Å²) in [6.45, 7) is 0. The fraction of sp³-hybridized carbons (Fsp3) is 0.200. The summed E-state index contributed by atoms with van der Waals surface area (Å²) in [4.78, 5) is 24.5. The molecule has 0 bridgehead atoms. The van der Waals surface area contributed by atoms with Crippen molar-refractivity contribution in [2.75, 3.05) is 19.0 Å². The third-order valence-electron chi connectivity index (χ3n) is 2.61. The number of anilines is 1. The Kier molecular flexibility index (Phi) is 6.19. The Bertz CT molecular complexity index is 516. The van der Waals surface area contributed by atoms with E-state index in [1.807, 2.05) is 31.1 Å². The van der Waals surface area contributed by atoms with Crippen molar-refractivity contribution in [1.82, 2.24) is 5.48 Å². The predicted octanol–water partition coefficient (Wildman–Crippen LogP) is 1.94. The number of Topliss-reactive ketones (excluding diaryl/α,β-unsaturated/α-hetero) is 1. The summed E-state index contributed by atoms with van der Waals surface area (Å²) < 4.78 is 0. The molecule has 0 saturated heterocycles. The second kappa shape index (κ2) is 7.91. The monoisotopic (exact) mass is 274 g/mol. The van der Waals surface area contributed by atoms with E-state index in [0.717, 1.165) is 11.8 Å². The molecule has 0 aliphatic rings. The molecule has 1 amide bonds. The summed E-state index contributed by atoms with van der Waals surface area (Å²) >= 11 is 0. The smallest absolute Gasteiger partial charge is 0.267 e. The van der Waals surface area contributed by atoms with E-state index in [9.17, 15) is 9.59 Å². The number of carbonyl (C=O) groups excluding carboxylic acids is 2. The number of nitrogens with zero attached hydrogens (tertiary/aromatic N) is 1. The molecule has 2 N–H and O–H groups in total. The number of carbonyl (C=O) groups is 2. The van der Waals surface area contributed by atoms with Crippen LogP contribution in [0.5, 0.6) is 0 Å². The van der Waals surface area contributed by atoms with Crippen LogP contribution in [-0.2, 0) is 4.79 Å². The van der Waals surface area contributed by atoms with Crippen LogP contribution in [-0.4, -0.2) is 31.0 Å². The first-order valence-corrected chi connectivity index (χ1v) is 6.12. The number of amides is 1. The van der Waals surface area contributed by atoms with Crippen LogP contribution in [0, 0.1) is 0 Å². The molecule has 1 aromatic carbocycles. The highest BCUT2D eigenvalue weighted by atomic mass is 16.5. The number of allylic oxidation sites excluding steroid dienone is 3. The van der Waals surface area contributed by atoms with Gasteiger partial charge in [0.1, 0.15) is 0 Å². The Labute approximate surface area is 118 Å². The van der Waals surface area contributed by atoms with Crippen LogP contribution >= 0.6 is 0 Å². The fourth-order valence-corrected chi connectivity index (χ4v) is 1.50. The second-order valence-corrected chi connectivity index (χ2v) is 4.33. The van der Waals surface area contributed by atoms with Crippen LogP contribution in [0.3, 0.4) is 0 Å². The number of hydroxylamine groups is 1. The lowest BCUT2D eigenvalue weighted by molar-refractivity contribution is -0.124. The molecule has 0 radical (unpaired) electrons. The minimum atomic E-state index is -0.611. The third kappa shape index (κ3) is 5.07. The molecule has 0 unspecified atom stereocenters. The summed E-state index contributed by atoms with van der Waals surface area (Å²) in [6.07, 6.45) is 6.11. The SMILES string of the molecule is CN(C)c1ccc(C(=O)CC=CC=CC(=O)NO)cc1. The van der Waals surface area contributed by atoms with Gasteiger partial charge in [-0.3, -0.25) is 14.8 Å². The Morgan fingerprint density at radius 3 is 2.40 bits per heavy atom. The minimum Gasteiger partial charge on any atom is -0.378 e. The standard InChI is InChI=1S/C15H18N2O3/c1-17(2)13-10-8-12(9-11-13)14(18)6-4-3-5-7-15(19)16-20/h3-5,7-11,20H,6H2,1-2H3,(H,16,19). The predicted molar refractivity (Wildman–Crippen MR) is 77.9 cm³/mol. The molecule has 0 fully saturated rings. The van der Waals surface area contributed by atoms with Crippen LogP contribution in [0.2, 0.25) is 0 Å². The van der Waals surface area contributed by atoms with E-state index < -0.39 is 5.91 Å². The van der Waals surface area contributed by atoms with Gasteiger partial charge in [-0.1, -0.05) is 18.2 Å². The molecule has 0 heterocycles. The quantitative estimate of drug-likeness (QED) is 0.273. The van der Waals surface area contributed by atoms with Crippen molar-refractivity contribution < 1.29 is 14.8 Å². The highest BCUT2D eigenvalue weighted by Gasteiger charge is 2.03. The lowest BCUT2D eigenvalue weighted by Crippen LogP contribution is -2.14. The molecule has 0 spiro atoms. The third-order valence-corrected chi connectivity index (χ3v) is 2.61. The van der Waals surface area contributed by atoms with Crippen molar-refractivity contribution in [2.24, 2.45) is 0 Å². The molecular weight excluding hydrogens is 256 g/mol. The van der Waals surface area contributed by atoms with Gasteiger partial charge in [-0.2, -0.15) is 0 Å². The van der Waals surface area contributed by atoms with E-state index in [0.29, 0.717) is 5.56 Å². The van der Waals surface area contributed by atoms with Gasteiger partial charge in [0.05, 0.1) is 0 Å². The lowest BCUT2D eigenvalue weighted by Gasteiger charge is -2.12. The Morgan fingerprint density at radius 2 is 1.85 bits per heavy atom. The van der Waals surface area contributed by atoms with Gasteiger partial charge < -0.3 is 4.90 Å². The maximum absolute atomic E-state index is 11.9. The molecule has 0 aromatic heterocycles. The number of hydrogen-bond acceptors (Lipinski definition) is 4. The average molecular weight is 274 g/mol. The van der Waals surface area contributed by atoms with Gasteiger partial charge in [-0.05, 0) is 24.3 Å². The molecule has 1 aromatic rings. The zero-order chi connectivity index (χ0) is 15.0. The van der Waals surface area contributed by atoms with Gasteiger partial charge in [0, 0.05) is 37.8 Å². The summed E-state index contributed by atoms with van der Waals surface area (Å²) in [5, 5.41) is 8.26. The summed E-state index contributed by atoms with van der Waals surface area (Å²) in [7, 11) is 3.88. The fourth-order valence-electron chi connectivity index (χ4n) is 1.50. The Morgan fingerprint density at radius 1 is 1.20 bits per heavy atom. The van der Waals surface area contributed by atoms with E-state index >= 15 is 0 Å². The first kappa shape index (κ1) is 15.7. The van der Waals surface area contributed by atoms with Crippen molar-refractivity contribution >= 4 is 17.4 Å². The molecule has 0 atom stereocenters. The van der Waals surface area contributed by atoms with Gasteiger partial charge in [-0.15, -0.1) is 0 Å². The van der Waals surface area contributed by atoms with E-state index in [2.05, 4.69) is 0 Å². The van der Waals surface area contributed by atoms with Crippen molar-refractivity contribution in [3.05, 3.63) is 54.1 Å². The van der Waals surface area contributed by atoms with E-state index in [-0.39, 0.29) is 12.2 Å². The number of benzene rings is 1. The van der Waals surface area contributed by atoms with E-state index in [4.69, 9.17) is 5.21 Å². The molecule has 0 aliphatic carbocycles. The molecule has 5 heteroatoms. The van der Waals surface area contributed by atoms with Crippen LogP contribution in [0.15, 0.2) is 48.6 Å². The first-order valence-electron chi connectivity index (χ1n) is 6.12. The van der Waals surface area contributed by atoms with Crippen LogP contribution in [0.4, 0.5) is 5.69 Å².